The fraction of sp³-hybridized carbons (Fsp3) is 0.381. The minimum absolute atomic E-state index is 0.159. The highest BCUT2D eigenvalue weighted by molar-refractivity contribution is 5.75. The highest BCUT2D eigenvalue weighted by Crippen LogP contribution is 2.18. The van der Waals surface area contributed by atoms with E-state index in [1.54, 1.807) is 12.1 Å². The first-order chi connectivity index (χ1) is 12.7. The lowest BCUT2D eigenvalue weighted by molar-refractivity contribution is 0.250. The van der Waals surface area contributed by atoms with Crippen molar-refractivity contribution < 1.29 is 4.39 Å². The molecule has 1 saturated heterocycles. The molecule has 0 saturated carbocycles. The predicted molar refractivity (Wildman–Crippen MR) is 104 cm³/mol. The van der Waals surface area contributed by atoms with Gasteiger partial charge in [0.05, 0.1) is 11.0 Å². The van der Waals surface area contributed by atoms with Crippen molar-refractivity contribution in [3.8, 4) is 0 Å². The fourth-order valence-electron chi connectivity index (χ4n) is 3.83. The average molecular weight is 352 g/mol. The van der Waals surface area contributed by atoms with Crippen LogP contribution in [0, 0.1) is 12.7 Å². The van der Waals surface area contributed by atoms with Crippen molar-refractivity contribution in [1.82, 2.24) is 14.5 Å². The number of rotatable bonds is 5. The number of benzene rings is 2. The van der Waals surface area contributed by atoms with Crippen molar-refractivity contribution in [3.05, 3.63) is 60.2 Å². The zero-order valence-electron chi connectivity index (χ0n) is 15.2. The Hall–Kier alpha value is -2.40. The van der Waals surface area contributed by atoms with Crippen LogP contribution in [0.4, 0.5) is 10.1 Å². The number of aryl methyl sites for hydroxylation is 2. The molecule has 4 rings (SSSR count). The largest absolute Gasteiger partial charge is 0.369 e. The van der Waals surface area contributed by atoms with Crippen LogP contribution < -0.4 is 4.90 Å². The molecule has 136 valence electrons. The van der Waals surface area contributed by atoms with Crippen LogP contribution in [0.2, 0.25) is 0 Å². The zero-order valence-corrected chi connectivity index (χ0v) is 15.2. The minimum atomic E-state index is -0.159. The molecule has 5 heteroatoms. The van der Waals surface area contributed by atoms with Gasteiger partial charge in [0.2, 0.25) is 0 Å². The summed E-state index contributed by atoms with van der Waals surface area (Å²) in [6, 6.07) is 15.2. The molecule has 0 bridgehead atoms. The van der Waals surface area contributed by atoms with Crippen LogP contribution >= 0.6 is 0 Å². The molecule has 0 N–H and O–H groups in total. The predicted octanol–water partition coefficient (Wildman–Crippen LogP) is 3.70. The van der Waals surface area contributed by atoms with Crippen LogP contribution in [0.15, 0.2) is 48.5 Å². The van der Waals surface area contributed by atoms with Crippen LogP contribution in [0.25, 0.3) is 11.0 Å². The van der Waals surface area contributed by atoms with Crippen molar-refractivity contribution in [3.63, 3.8) is 0 Å². The fourth-order valence-corrected chi connectivity index (χ4v) is 3.83. The van der Waals surface area contributed by atoms with Gasteiger partial charge in [-0.3, -0.25) is 4.90 Å². The number of hydrogen-bond acceptors (Lipinski definition) is 3. The second-order valence-electron chi connectivity index (χ2n) is 6.96. The average Bonchev–Trinajstić information content (AvgIpc) is 2.98. The molecule has 26 heavy (non-hydrogen) atoms. The topological polar surface area (TPSA) is 24.3 Å². The van der Waals surface area contributed by atoms with Gasteiger partial charge in [-0.25, -0.2) is 9.37 Å². The molecule has 0 aliphatic carbocycles. The lowest BCUT2D eigenvalue weighted by Gasteiger charge is -2.36. The van der Waals surface area contributed by atoms with E-state index < -0.39 is 0 Å². The summed E-state index contributed by atoms with van der Waals surface area (Å²) >= 11 is 0. The summed E-state index contributed by atoms with van der Waals surface area (Å²) in [6.45, 7) is 8.13. The highest BCUT2D eigenvalue weighted by Gasteiger charge is 2.17. The molecular formula is C21H25FN4. The maximum atomic E-state index is 13.4. The number of para-hydroxylation sites is 2. The van der Waals surface area contributed by atoms with E-state index in [9.17, 15) is 4.39 Å². The molecular weight excluding hydrogens is 327 g/mol. The first-order valence-electron chi connectivity index (χ1n) is 9.35. The molecule has 1 fully saturated rings. The van der Waals surface area contributed by atoms with Gasteiger partial charge in [0.25, 0.3) is 0 Å². The second-order valence-corrected chi connectivity index (χ2v) is 6.96. The summed E-state index contributed by atoms with van der Waals surface area (Å²) in [7, 11) is 0. The van der Waals surface area contributed by atoms with E-state index in [4.69, 9.17) is 0 Å². The van der Waals surface area contributed by atoms with Crippen LogP contribution in [0.3, 0.4) is 0 Å². The molecule has 2 heterocycles. The third-order valence-corrected chi connectivity index (χ3v) is 5.25. The quantitative estimate of drug-likeness (QED) is 0.700. The third-order valence-electron chi connectivity index (χ3n) is 5.25. The van der Waals surface area contributed by atoms with E-state index in [1.807, 2.05) is 12.1 Å². The standard InChI is InChI=1S/C21H25FN4/c1-17-23-20-8-2-3-9-21(20)26(17)11-5-10-24-12-14-25(15-13-24)19-7-4-6-18(22)16-19/h2-4,6-9,16H,5,10-15H2,1H3. The number of halogens is 1. The lowest BCUT2D eigenvalue weighted by Crippen LogP contribution is -2.46. The van der Waals surface area contributed by atoms with E-state index >= 15 is 0 Å². The van der Waals surface area contributed by atoms with Gasteiger partial charge in [0.1, 0.15) is 11.6 Å². The summed E-state index contributed by atoms with van der Waals surface area (Å²) in [4.78, 5) is 9.42. The van der Waals surface area contributed by atoms with Crippen LogP contribution in [-0.4, -0.2) is 47.2 Å². The van der Waals surface area contributed by atoms with E-state index in [2.05, 4.69) is 44.5 Å². The molecule has 0 unspecified atom stereocenters. The third kappa shape index (κ3) is 3.58. The minimum Gasteiger partial charge on any atom is -0.369 e. The number of aromatic nitrogens is 2. The summed E-state index contributed by atoms with van der Waals surface area (Å²) in [5, 5.41) is 0. The number of fused-ring (bicyclic) bond motifs is 1. The Morgan fingerprint density at radius 2 is 1.77 bits per heavy atom. The van der Waals surface area contributed by atoms with Gasteiger partial charge in [-0.15, -0.1) is 0 Å². The van der Waals surface area contributed by atoms with E-state index in [0.29, 0.717) is 0 Å². The van der Waals surface area contributed by atoms with Gasteiger partial charge in [-0.2, -0.15) is 0 Å². The first kappa shape index (κ1) is 17.0. The van der Waals surface area contributed by atoms with Crippen molar-refractivity contribution in [1.29, 1.82) is 0 Å². The van der Waals surface area contributed by atoms with E-state index in [-0.39, 0.29) is 5.82 Å². The summed E-state index contributed by atoms with van der Waals surface area (Å²) < 4.78 is 15.7. The van der Waals surface area contributed by atoms with Crippen molar-refractivity contribution in [2.75, 3.05) is 37.6 Å². The maximum Gasteiger partial charge on any atom is 0.125 e. The molecule has 4 nitrogen and oxygen atoms in total. The van der Waals surface area contributed by atoms with Crippen LogP contribution in [0.1, 0.15) is 12.2 Å². The Morgan fingerprint density at radius 3 is 2.58 bits per heavy atom. The molecule has 0 amide bonds. The van der Waals surface area contributed by atoms with Gasteiger partial charge in [0.15, 0.2) is 0 Å². The molecule has 2 aromatic carbocycles. The highest BCUT2D eigenvalue weighted by atomic mass is 19.1. The normalized spacial score (nSPS) is 15.7. The molecule has 3 aromatic rings. The van der Waals surface area contributed by atoms with Gasteiger partial charge >= 0.3 is 0 Å². The Balaban J connectivity index is 1.29. The molecule has 0 atom stereocenters. The Kier molecular flexibility index (Phi) is 4.89. The monoisotopic (exact) mass is 352 g/mol. The number of piperazine rings is 1. The first-order valence-corrected chi connectivity index (χ1v) is 9.35. The summed E-state index contributed by atoms with van der Waals surface area (Å²) in [5.74, 6) is 0.926. The van der Waals surface area contributed by atoms with Gasteiger partial charge < -0.3 is 9.47 Å². The number of nitrogens with zero attached hydrogens (tertiary/aromatic N) is 4. The molecule has 1 aliphatic heterocycles. The van der Waals surface area contributed by atoms with Gasteiger partial charge in [-0.05, 0) is 50.2 Å². The van der Waals surface area contributed by atoms with Crippen LogP contribution in [0.5, 0.6) is 0 Å². The molecule has 0 spiro atoms. The molecule has 1 aromatic heterocycles. The second kappa shape index (κ2) is 7.46. The zero-order chi connectivity index (χ0) is 17.9. The van der Waals surface area contributed by atoms with Crippen LogP contribution in [-0.2, 0) is 6.54 Å². The Labute approximate surface area is 153 Å². The molecule has 1 aliphatic rings. The van der Waals surface area contributed by atoms with E-state index in [1.165, 1.54) is 11.6 Å². The van der Waals surface area contributed by atoms with Crippen molar-refractivity contribution >= 4 is 16.7 Å². The summed E-state index contributed by atoms with van der Waals surface area (Å²) in [6.07, 6.45) is 1.11. The Morgan fingerprint density at radius 1 is 0.962 bits per heavy atom. The SMILES string of the molecule is Cc1nc2ccccc2n1CCCN1CCN(c2cccc(F)c2)CC1. The number of hydrogen-bond donors (Lipinski definition) is 0. The number of imidazole rings is 1. The van der Waals surface area contributed by atoms with Gasteiger partial charge in [-0.1, -0.05) is 18.2 Å². The smallest absolute Gasteiger partial charge is 0.125 e. The Bertz CT molecular complexity index is 881. The van der Waals surface area contributed by atoms with Crippen molar-refractivity contribution in [2.24, 2.45) is 0 Å². The van der Waals surface area contributed by atoms with Gasteiger partial charge in [0, 0.05) is 38.4 Å². The molecule has 0 radical (unpaired) electrons. The lowest BCUT2D eigenvalue weighted by atomic mass is 10.2. The van der Waals surface area contributed by atoms with Crippen molar-refractivity contribution in [2.45, 2.75) is 19.9 Å². The maximum absolute atomic E-state index is 13.4. The summed E-state index contributed by atoms with van der Waals surface area (Å²) in [5.41, 5.74) is 3.29. The number of anilines is 1. The van der Waals surface area contributed by atoms with E-state index in [0.717, 1.165) is 62.7 Å².